The number of benzene rings is 3. The first-order valence-electron chi connectivity index (χ1n) is 10.6. The molecule has 0 spiro atoms. The Labute approximate surface area is 208 Å². The number of hydrazine groups is 1. The maximum Gasteiger partial charge on any atom is 0.349 e. The highest BCUT2D eigenvalue weighted by Gasteiger charge is 2.19. The van der Waals surface area contributed by atoms with Gasteiger partial charge in [0.25, 0.3) is 11.8 Å². The molecule has 2 N–H and O–H groups in total. The number of amides is 2. The number of hydrogen-bond acceptors (Lipinski definition) is 6. The zero-order valence-electron chi connectivity index (χ0n) is 18.8. The molecule has 0 bridgehead atoms. The van der Waals surface area contributed by atoms with Gasteiger partial charge in [0.2, 0.25) is 0 Å². The Kier molecular flexibility index (Phi) is 7.12. The molecule has 1 heterocycles. The van der Waals surface area contributed by atoms with Crippen molar-refractivity contribution in [2.45, 2.75) is 6.92 Å². The fraction of sp³-hybridized carbons (Fsp3) is 0.0769. The Morgan fingerprint density at radius 1 is 0.972 bits per heavy atom. The van der Waals surface area contributed by atoms with Crippen molar-refractivity contribution in [1.29, 1.82) is 0 Å². The van der Waals surface area contributed by atoms with E-state index in [1.54, 1.807) is 48.5 Å². The molecule has 3 aromatic carbocycles. The molecule has 0 atom stereocenters. The number of para-hydroxylation sites is 1. The highest BCUT2D eigenvalue weighted by molar-refractivity contribution is 6.32. The van der Waals surface area contributed by atoms with Gasteiger partial charge in [0.1, 0.15) is 11.1 Å². The lowest BCUT2D eigenvalue weighted by atomic mass is 10.0. The second-order valence-corrected chi connectivity index (χ2v) is 8.15. The lowest BCUT2D eigenvalue weighted by molar-refractivity contribution is -0.123. The summed E-state index contributed by atoms with van der Waals surface area (Å²) >= 11 is 6.08. The second kappa shape index (κ2) is 10.4. The number of ether oxygens (including phenoxy) is 1. The van der Waals surface area contributed by atoms with Crippen molar-refractivity contribution in [3.63, 3.8) is 0 Å². The number of carbonyl (C=O) groups is 3. The molecule has 0 aliphatic heterocycles. The first-order valence-corrected chi connectivity index (χ1v) is 11.0. The number of halogens is 2. The number of nitrogens with one attached hydrogen (secondary N) is 2. The molecule has 182 valence electrons. The summed E-state index contributed by atoms with van der Waals surface area (Å²) in [4.78, 5) is 49.0. The fourth-order valence-corrected chi connectivity index (χ4v) is 3.55. The zero-order chi connectivity index (χ0) is 25.8. The third kappa shape index (κ3) is 5.42. The van der Waals surface area contributed by atoms with Crippen LogP contribution in [0.25, 0.3) is 11.0 Å². The molecule has 0 saturated carbocycles. The average Bonchev–Trinajstić information content (AvgIpc) is 2.86. The normalized spacial score (nSPS) is 10.6. The molecule has 4 rings (SSSR count). The summed E-state index contributed by atoms with van der Waals surface area (Å²) in [5, 5.41) is 0.308. The molecule has 0 saturated heterocycles. The third-order valence-electron chi connectivity index (χ3n) is 5.12. The molecule has 1 aromatic heterocycles. The van der Waals surface area contributed by atoms with Crippen molar-refractivity contribution in [2.24, 2.45) is 0 Å². The molecular weight excluding hydrogens is 491 g/mol. The molecule has 8 nitrogen and oxygen atoms in total. The van der Waals surface area contributed by atoms with Gasteiger partial charge >= 0.3 is 5.63 Å². The maximum atomic E-state index is 14.6. The van der Waals surface area contributed by atoms with E-state index in [1.165, 1.54) is 12.1 Å². The SMILES string of the molecule is Cc1ccc(C(=O)c2cc(F)c(OCC(=O)NNC(=O)c3cc4ccccc4oc3=O)c(Cl)c2)cc1. The molecule has 10 heteroatoms. The smallest absolute Gasteiger partial charge is 0.349 e. The van der Waals surface area contributed by atoms with Gasteiger partial charge in [-0.1, -0.05) is 59.6 Å². The maximum absolute atomic E-state index is 14.6. The lowest BCUT2D eigenvalue weighted by Crippen LogP contribution is -2.45. The molecule has 2 amide bonds. The van der Waals surface area contributed by atoms with Crippen LogP contribution in [0.1, 0.15) is 31.8 Å². The van der Waals surface area contributed by atoms with E-state index in [-0.39, 0.29) is 16.1 Å². The molecule has 0 fully saturated rings. The van der Waals surface area contributed by atoms with Crippen molar-refractivity contribution in [1.82, 2.24) is 10.9 Å². The largest absolute Gasteiger partial charge is 0.479 e. The number of fused-ring (bicyclic) bond motifs is 1. The minimum Gasteiger partial charge on any atom is -0.479 e. The van der Waals surface area contributed by atoms with Crippen molar-refractivity contribution in [2.75, 3.05) is 6.61 Å². The van der Waals surface area contributed by atoms with Gasteiger partial charge in [-0.2, -0.15) is 0 Å². The predicted molar refractivity (Wildman–Crippen MR) is 130 cm³/mol. The van der Waals surface area contributed by atoms with Gasteiger partial charge in [0.15, 0.2) is 24.0 Å². The van der Waals surface area contributed by atoms with Crippen LogP contribution in [0.2, 0.25) is 5.02 Å². The van der Waals surface area contributed by atoms with Crippen LogP contribution in [-0.4, -0.2) is 24.2 Å². The van der Waals surface area contributed by atoms with Gasteiger partial charge < -0.3 is 9.15 Å². The van der Waals surface area contributed by atoms with Gasteiger partial charge in [-0.25, -0.2) is 9.18 Å². The van der Waals surface area contributed by atoms with E-state index in [1.807, 2.05) is 6.92 Å². The molecular formula is C26H18ClFN2O6. The van der Waals surface area contributed by atoms with Gasteiger partial charge in [0, 0.05) is 16.5 Å². The highest BCUT2D eigenvalue weighted by atomic mass is 35.5. The van der Waals surface area contributed by atoms with E-state index >= 15 is 0 Å². The van der Waals surface area contributed by atoms with Crippen molar-refractivity contribution < 1.29 is 27.9 Å². The Morgan fingerprint density at radius 2 is 1.69 bits per heavy atom. The monoisotopic (exact) mass is 508 g/mol. The molecule has 0 radical (unpaired) electrons. The van der Waals surface area contributed by atoms with E-state index in [0.717, 1.165) is 11.6 Å². The summed E-state index contributed by atoms with van der Waals surface area (Å²) in [7, 11) is 0. The highest BCUT2D eigenvalue weighted by Crippen LogP contribution is 2.30. The summed E-state index contributed by atoms with van der Waals surface area (Å²) in [5.74, 6) is -3.58. The number of ketones is 1. The van der Waals surface area contributed by atoms with E-state index in [4.69, 9.17) is 20.8 Å². The first-order chi connectivity index (χ1) is 17.2. The first kappa shape index (κ1) is 24.6. The number of hydrogen-bond donors (Lipinski definition) is 2. The Morgan fingerprint density at radius 3 is 2.42 bits per heavy atom. The average molecular weight is 509 g/mol. The van der Waals surface area contributed by atoms with Crippen LogP contribution in [0.3, 0.4) is 0 Å². The van der Waals surface area contributed by atoms with Crippen LogP contribution >= 0.6 is 11.6 Å². The zero-order valence-corrected chi connectivity index (χ0v) is 19.5. The minimum atomic E-state index is -0.941. The van der Waals surface area contributed by atoms with E-state index in [0.29, 0.717) is 16.5 Å². The number of carbonyl (C=O) groups excluding carboxylic acids is 3. The van der Waals surface area contributed by atoms with Gasteiger partial charge in [-0.05, 0) is 31.2 Å². The van der Waals surface area contributed by atoms with Crippen LogP contribution in [-0.2, 0) is 4.79 Å². The van der Waals surface area contributed by atoms with Crippen LogP contribution in [0.5, 0.6) is 5.75 Å². The van der Waals surface area contributed by atoms with E-state index < -0.39 is 41.4 Å². The molecule has 36 heavy (non-hydrogen) atoms. The Balaban J connectivity index is 1.37. The van der Waals surface area contributed by atoms with Crippen LogP contribution < -0.4 is 21.2 Å². The van der Waals surface area contributed by atoms with Gasteiger partial charge in [-0.3, -0.25) is 25.2 Å². The lowest BCUT2D eigenvalue weighted by Gasteiger charge is -2.11. The Hall–Kier alpha value is -4.50. The van der Waals surface area contributed by atoms with Crippen molar-refractivity contribution in [3.05, 3.63) is 110 Å². The summed E-state index contributed by atoms with van der Waals surface area (Å²) in [5.41, 5.74) is 4.57. The quantitative estimate of drug-likeness (QED) is 0.231. The van der Waals surface area contributed by atoms with Crippen LogP contribution in [0.15, 0.2) is 75.9 Å². The summed E-state index contributed by atoms with van der Waals surface area (Å²) in [6.07, 6.45) is 0. The van der Waals surface area contributed by atoms with E-state index in [9.17, 15) is 23.6 Å². The van der Waals surface area contributed by atoms with Gasteiger partial charge in [0.05, 0.1) is 5.02 Å². The molecule has 0 aliphatic carbocycles. The molecule has 0 aliphatic rings. The summed E-state index contributed by atoms with van der Waals surface area (Å²) in [6, 6.07) is 16.9. The second-order valence-electron chi connectivity index (χ2n) is 7.74. The summed E-state index contributed by atoms with van der Waals surface area (Å²) < 4.78 is 24.8. The van der Waals surface area contributed by atoms with Crippen LogP contribution in [0, 0.1) is 12.7 Å². The van der Waals surface area contributed by atoms with Crippen LogP contribution in [0.4, 0.5) is 4.39 Å². The third-order valence-corrected chi connectivity index (χ3v) is 5.40. The fourth-order valence-electron chi connectivity index (χ4n) is 3.29. The molecule has 4 aromatic rings. The number of rotatable bonds is 6. The topological polar surface area (TPSA) is 115 Å². The van der Waals surface area contributed by atoms with Crippen molar-refractivity contribution >= 4 is 40.2 Å². The Bertz CT molecular complexity index is 1530. The van der Waals surface area contributed by atoms with E-state index in [2.05, 4.69) is 10.9 Å². The van der Waals surface area contributed by atoms with Crippen molar-refractivity contribution in [3.8, 4) is 5.75 Å². The minimum absolute atomic E-state index is 0.0136. The standard InChI is InChI=1S/C26H18ClFN2O6/c1-14-6-8-15(9-7-14)23(32)17-11-19(27)24(20(28)12-17)35-13-22(31)29-30-25(33)18-10-16-4-2-3-5-21(16)36-26(18)34/h2-12H,13H2,1H3,(H,29,31)(H,30,33). The predicted octanol–water partition coefficient (Wildman–Crippen LogP) is 3.96. The summed E-state index contributed by atoms with van der Waals surface area (Å²) in [6.45, 7) is 1.16. The number of aryl methyl sites for hydroxylation is 1. The van der Waals surface area contributed by atoms with Gasteiger partial charge in [-0.15, -0.1) is 0 Å². The molecule has 0 unspecified atom stereocenters.